The molecular weight excluding hydrogens is 961 g/mol. The van der Waals surface area contributed by atoms with Crippen molar-refractivity contribution in [1.29, 1.82) is 0 Å². The van der Waals surface area contributed by atoms with Gasteiger partial charge in [0.15, 0.2) is 23.1 Å². The predicted octanol–water partition coefficient (Wildman–Crippen LogP) is 13.8. The Hall–Kier alpha value is -8.64. The minimum Gasteiger partial charge on any atom is -0.496 e. The van der Waals surface area contributed by atoms with Gasteiger partial charge in [0.05, 0.1) is 75.1 Å². The van der Waals surface area contributed by atoms with Gasteiger partial charge in [-0.15, -0.1) is 0 Å². The summed E-state index contributed by atoms with van der Waals surface area (Å²) in [5.74, 6) is 3.07. The molecule has 12 heteroatoms. The molecule has 0 aromatic heterocycles. The van der Waals surface area contributed by atoms with Crippen molar-refractivity contribution in [2.45, 2.75) is 79.8 Å². The van der Waals surface area contributed by atoms with Crippen LogP contribution in [-0.2, 0) is 0 Å². The summed E-state index contributed by atoms with van der Waals surface area (Å²) in [5.41, 5.74) is 2.97. The average molecular weight is 1030 g/mol. The summed E-state index contributed by atoms with van der Waals surface area (Å²) < 4.78 is 45.4. The van der Waals surface area contributed by atoms with E-state index >= 15 is 0 Å². The predicted molar refractivity (Wildman–Crippen MR) is 297 cm³/mol. The second-order valence-electron chi connectivity index (χ2n) is 18.8. The van der Waals surface area contributed by atoms with Crippen LogP contribution < -0.4 is 37.9 Å². The van der Waals surface area contributed by atoms with Crippen molar-refractivity contribution in [2.75, 3.05) is 28.4 Å². The Morgan fingerprint density at radius 3 is 0.618 bits per heavy atom. The van der Waals surface area contributed by atoms with Gasteiger partial charge >= 0.3 is 0 Å². The van der Waals surface area contributed by atoms with Crippen LogP contribution >= 0.6 is 0 Å². The summed E-state index contributed by atoms with van der Waals surface area (Å²) in [4.78, 5) is 55.8. The molecule has 0 unspecified atom stereocenters. The van der Waals surface area contributed by atoms with Crippen LogP contribution in [0.3, 0.4) is 0 Å². The molecule has 12 nitrogen and oxygen atoms in total. The maximum Gasteiger partial charge on any atom is 0.197 e. The first-order valence-electron chi connectivity index (χ1n) is 25.1. The molecule has 0 bridgehead atoms. The summed E-state index contributed by atoms with van der Waals surface area (Å²) >= 11 is 0. The first-order valence-corrected chi connectivity index (χ1v) is 25.1. The number of benzene rings is 8. The lowest BCUT2D eigenvalue weighted by molar-refractivity contribution is 0.102. The van der Waals surface area contributed by atoms with Crippen LogP contribution in [0.4, 0.5) is 0 Å². The minimum atomic E-state index is -0.272. The standard InChI is InChI=1S/2C32H32O6/c2*1-19(2)37-24-13-7-22(8-14-24)31(33)29-26(35-5)17-11-21-12-18-27(36-6)30(28(21)29)32(34)23-9-15-25(16-10-23)38-20(3)4/h2*7-20H,1-6H3. The summed E-state index contributed by atoms with van der Waals surface area (Å²) in [5, 5.41) is 2.39. The zero-order chi connectivity index (χ0) is 54.8. The Balaban J connectivity index is 0.000000221. The quantitative estimate of drug-likeness (QED) is 0.0671. The number of fused-ring (bicyclic) bond motifs is 2. The van der Waals surface area contributed by atoms with Gasteiger partial charge in [-0.1, -0.05) is 24.3 Å². The number of ketones is 4. The maximum absolute atomic E-state index is 13.9. The molecule has 76 heavy (non-hydrogen) atoms. The number of rotatable bonds is 20. The first kappa shape index (κ1) is 55.1. The van der Waals surface area contributed by atoms with Crippen molar-refractivity contribution in [3.8, 4) is 46.0 Å². The topological polar surface area (TPSA) is 142 Å². The van der Waals surface area contributed by atoms with Crippen LogP contribution in [0.2, 0.25) is 0 Å². The Labute approximate surface area is 444 Å². The fraction of sp³-hybridized carbons (Fsp3) is 0.250. The molecule has 0 aliphatic heterocycles. The van der Waals surface area contributed by atoms with Crippen LogP contribution in [0.1, 0.15) is 119 Å². The van der Waals surface area contributed by atoms with Crippen LogP contribution in [0.5, 0.6) is 46.0 Å². The summed E-state index contributed by atoms with van der Waals surface area (Å²) in [7, 11) is 6.03. The zero-order valence-electron chi connectivity index (χ0n) is 45.1. The van der Waals surface area contributed by atoms with Gasteiger partial charge in [0.2, 0.25) is 0 Å². The monoisotopic (exact) mass is 1020 g/mol. The van der Waals surface area contributed by atoms with E-state index < -0.39 is 0 Å². The van der Waals surface area contributed by atoms with Gasteiger partial charge in [-0.2, -0.15) is 0 Å². The highest BCUT2D eigenvalue weighted by Crippen LogP contribution is 2.40. The highest BCUT2D eigenvalue weighted by atomic mass is 16.5. The molecule has 0 aliphatic carbocycles. The van der Waals surface area contributed by atoms with Gasteiger partial charge in [0.1, 0.15) is 46.0 Å². The Morgan fingerprint density at radius 1 is 0.276 bits per heavy atom. The number of carbonyl (C=O) groups is 4. The number of carbonyl (C=O) groups excluding carboxylic acids is 4. The molecule has 8 aromatic carbocycles. The number of hydrogen-bond acceptors (Lipinski definition) is 12. The molecular formula is C64H64O12. The lowest BCUT2D eigenvalue weighted by atomic mass is 9.89. The van der Waals surface area contributed by atoms with Gasteiger partial charge in [0.25, 0.3) is 0 Å². The van der Waals surface area contributed by atoms with Crippen LogP contribution in [0.25, 0.3) is 21.5 Å². The molecule has 0 spiro atoms. The highest BCUT2D eigenvalue weighted by Gasteiger charge is 2.28. The van der Waals surface area contributed by atoms with E-state index in [1.807, 2.05) is 79.7 Å². The van der Waals surface area contributed by atoms with E-state index in [1.54, 1.807) is 121 Å². The van der Waals surface area contributed by atoms with E-state index in [-0.39, 0.29) is 47.5 Å². The van der Waals surface area contributed by atoms with Crippen molar-refractivity contribution < 1.29 is 57.1 Å². The van der Waals surface area contributed by atoms with Crippen LogP contribution in [0, 0.1) is 0 Å². The average Bonchev–Trinajstić information content (AvgIpc) is 3.42. The molecule has 0 atom stereocenters. The van der Waals surface area contributed by atoms with Crippen LogP contribution in [0.15, 0.2) is 146 Å². The molecule has 0 saturated carbocycles. The van der Waals surface area contributed by atoms with Gasteiger partial charge in [0, 0.05) is 33.0 Å². The van der Waals surface area contributed by atoms with Crippen molar-refractivity contribution in [1.82, 2.24) is 0 Å². The lowest BCUT2D eigenvalue weighted by Gasteiger charge is -2.17. The maximum atomic E-state index is 13.9. The third-order valence-electron chi connectivity index (χ3n) is 12.0. The van der Waals surface area contributed by atoms with Crippen molar-refractivity contribution in [2.24, 2.45) is 0 Å². The van der Waals surface area contributed by atoms with Crippen molar-refractivity contribution in [3.63, 3.8) is 0 Å². The van der Waals surface area contributed by atoms with E-state index in [1.165, 1.54) is 28.4 Å². The fourth-order valence-corrected chi connectivity index (χ4v) is 8.75. The van der Waals surface area contributed by atoms with E-state index in [0.29, 0.717) is 101 Å². The molecule has 0 radical (unpaired) electrons. The minimum absolute atomic E-state index is 0.0155. The SMILES string of the molecule is COc1ccc2ccc(OC)c(C(=O)c3ccc(OC(C)C)cc3)c2c1C(=O)c1ccc(OC(C)C)cc1.COc1ccc2ccc(OC)c(C(=O)c3ccc(OC(C)C)cc3)c2c1C(=O)c1ccc(OC(C)C)cc1. The molecule has 0 aliphatic rings. The number of hydrogen-bond donors (Lipinski definition) is 0. The van der Waals surface area contributed by atoms with Gasteiger partial charge in [-0.3, -0.25) is 19.2 Å². The first-order chi connectivity index (χ1) is 36.5. The summed E-state index contributed by atoms with van der Waals surface area (Å²) in [6.07, 6.45) is 0.0620. The van der Waals surface area contributed by atoms with E-state index in [0.717, 1.165) is 10.8 Å². The normalized spacial score (nSPS) is 11.1. The fourth-order valence-electron chi connectivity index (χ4n) is 8.75. The molecule has 0 fully saturated rings. The number of methoxy groups -OCH3 is 4. The summed E-state index contributed by atoms with van der Waals surface area (Å²) in [6.45, 7) is 15.5. The Bertz CT molecular complexity index is 2910. The lowest BCUT2D eigenvalue weighted by Crippen LogP contribution is -2.11. The molecule has 8 rings (SSSR count). The van der Waals surface area contributed by atoms with Crippen molar-refractivity contribution >= 4 is 44.7 Å². The number of ether oxygens (including phenoxy) is 8. The third-order valence-corrected chi connectivity index (χ3v) is 12.0. The molecule has 0 amide bonds. The largest absolute Gasteiger partial charge is 0.496 e. The molecule has 0 N–H and O–H groups in total. The van der Waals surface area contributed by atoms with Gasteiger partial charge < -0.3 is 37.9 Å². The van der Waals surface area contributed by atoms with Gasteiger partial charge in [-0.05, 0) is 187 Å². The third kappa shape index (κ3) is 12.5. The van der Waals surface area contributed by atoms with E-state index in [2.05, 4.69) is 0 Å². The molecule has 0 saturated heterocycles. The highest BCUT2D eigenvalue weighted by molar-refractivity contribution is 6.27. The van der Waals surface area contributed by atoms with E-state index in [4.69, 9.17) is 37.9 Å². The molecule has 8 aromatic rings. The Morgan fingerprint density at radius 2 is 0.461 bits per heavy atom. The van der Waals surface area contributed by atoms with Crippen LogP contribution in [-0.4, -0.2) is 76.0 Å². The van der Waals surface area contributed by atoms with E-state index in [9.17, 15) is 19.2 Å². The smallest absolute Gasteiger partial charge is 0.197 e. The summed E-state index contributed by atoms with van der Waals surface area (Å²) in [6, 6.07) is 42.1. The van der Waals surface area contributed by atoms with Crippen molar-refractivity contribution in [3.05, 3.63) is 190 Å². The van der Waals surface area contributed by atoms with Gasteiger partial charge in [-0.25, -0.2) is 0 Å². The Kier molecular flexibility index (Phi) is 17.8. The second kappa shape index (κ2) is 24.6. The molecule has 392 valence electrons. The molecule has 0 heterocycles. The zero-order valence-corrected chi connectivity index (χ0v) is 45.1. The second-order valence-corrected chi connectivity index (χ2v) is 18.8.